The van der Waals surface area contributed by atoms with E-state index in [-0.39, 0.29) is 0 Å². The molecule has 0 unspecified atom stereocenters. The van der Waals surface area contributed by atoms with Crippen LogP contribution in [0.2, 0.25) is 0 Å². The van der Waals surface area contributed by atoms with Crippen LogP contribution in [0.15, 0.2) is 64.8 Å². The molecule has 0 saturated heterocycles. The van der Waals surface area contributed by atoms with Gasteiger partial charge in [-0.1, -0.05) is 41.1 Å². The Bertz CT molecular complexity index is 738. The molecule has 0 N–H and O–H groups in total. The van der Waals surface area contributed by atoms with Crippen LogP contribution in [0, 0.1) is 0 Å². The van der Waals surface area contributed by atoms with Crippen molar-refractivity contribution in [3.05, 3.63) is 54.6 Å². The largest absolute Gasteiger partial charge is 0.410 e. The van der Waals surface area contributed by atoms with Crippen molar-refractivity contribution in [3.8, 4) is 0 Å². The van der Waals surface area contributed by atoms with Crippen molar-refractivity contribution in [1.29, 1.82) is 0 Å². The van der Waals surface area contributed by atoms with Gasteiger partial charge in [0.05, 0.1) is 9.81 Å². The number of aromatic nitrogens is 1. The fourth-order valence-corrected chi connectivity index (χ4v) is 3.66. The van der Waals surface area contributed by atoms with E-state index in [9.17, 15) is 0 Å². The lowest BCUT2D eigenvalue weighted by molar-refractivity contribution is -0.632. The van der Waals surface area contributed by atoms with E-state index in [2.05, 4.69) is 38.6 Å². The Morgan fingerprint density at radius 3 is 2.55 bits per heavy atom. The van der Waals surface area contributed by atoms with Crippen LogP contribution in [-0.2, 0) is 5.88 Å². The first-order valence-corrected chi connectivity index (χ1v) is 8.88. The molecule has 3 nitrogen and oxygen atoms in total. The van der Waals surface area contributed by atoms with Gasteiger partial charge < -0.3 is 0 Å². The van der Waals surface area contributed by atoms with E-state index in [1.54, 1.807) is 11.3 Å². The summed E-state index contributed by atoms with van der Waals surface area (Å²) < 4.78 is 3.33. The Kier molecular flexibility index (Phi) is 4.34. The Balaban J connectivity index is 2.02. The molecule has 3 aromatic rings. The zero-order valence-corrected chi connectivity index (χ0v) is 13.0. The zero-order chi connectivity index (χ0) is 13.8. The number of fused-ring (bicyclic) bond motifs is 1. The van der Waals surface area contributed by atoms with Gasteiger partial charge in [0, 0.05) is 0 Å². The quantitative estimate of drug-likeness (QED) is 0.307. The first-order valence-electron chi connectivity index (χ1n) is 6.03. The average molecular weight is 318 g/mol. The molecule has 3 rings (SSSR count). The lowest BCUT2D eigenvalue weighted by Gasteiger charge is -1.94. The van der Waals surface area contributed by atoms with E-state index in [1.807, 2.05) is 42.5 Å². The lowest BCUT2D eigenvalue weighted by atomic mass is 10.3. The van der Waals surface area contributed by atoms with E-state index in [4.69, 9.17) is 0 Å². The molecule has 1 aromatic heterocycles. The van der Waals surface area contributed by atoms with Crippen LogP contribution in [0.4, 0.5) is 10.8 Å². The Hall–Kier alpha value is -1.37. The molecule has 0 aliphatic rings. The highest BCUT2D eigenvalue weighted by Gasteiger charge is 2.18. The summed E-state index contributed by atoms with van der Waals surface area (Å²) in [6.45, 7) is 0. The maximum Gasteiger partial charge on any atom is 0.410 e. The molecule has 100 valence electrons. The second kappa shape index (κ2) is 6.39. The molecule has 0 radical (unpaired) electrons. The minimum absolute atomic E-state index is 0.746. The molecule has 0 fully saturated rings. The van der Waals surface area contributed by atoms with E-state index >= 15 is 0 Å². The Morgan fingerprint density at radius 2 is 1.75 bits per heavy atom. The maximum absolute atomic E-state index is 4.39. The molecular weight excluding hydrogens is 306 g/mol. The molecule has 0 spiro atoms. The predicted octanol–water partition coefficient (Wildman–Crippen LogP) is 5.14. The lowest BCUT2D eigenvalue weighted by Crippen LogP contribution is -2.29. The van der Waals surface area contributed by atoms with Crippen LogP contribution >= 0.6 is 33.8 Å². The van der Waals surface area contributed by atoms with Gasteiger partial charge in [0.2, 0.25) is 0 Å². The van der Waals surface area contributed by atoms with Gasteiger partial charge >= 0.3 is 5.13 Å². The molecule has 2 aromatic carbocycles. The minimum atomic E-state index is 0.746. The summed E-state index contributed by atoms with van der Waals surface area (Å²) in [6, 6.07) is 18.0. The third-order valence-corrected chi connectivity index (χ3v) is 4.55. The number of hydrogen-bond donors (Lipinski definition) is 1. The maximum atomic E-state index is 4.39. The van der Waals surface area contributed by atoms with Crippen LogP contribution in [0.1, 0.15) is 0 Å². The summed E-state index contributed by atoms with van der Waals surface area (Å²) in [5, 5.41) is 9.57. The molecular formula is C14H12N3S3+. The molecule has 1 heterocycles. The number of para-hydroxylation sites is 1. The molecule has 0 atom stereocenters. The third kappa shape index (κ3) is 2.87. The summed E-state index contributed by atoms with van der Waals surface area (Å²) in [5.74, 6) is 0.746. The van der Waals surface area contributed by atoms with Crippen molar-refractivity contribution in [2.24, 2.45) is 10.2 Å². The summed E-state index contributed by atoms with van der Waals surface area (Å²) in [4.78, 5) is 0. The van der Waals surface area contributed by atoms with E-state index in [0.29, 0.717) is 0 Å². The summed E-state index contributed by atoms with van der Waals surface area (Å²) in [7, 11) is 1.47. The van der Waals surface area contributed by atoms with Gasteiger partial charge in [-0.2, -0.15) is 0 Å². The van der Waals surface area contributed by atoms with Gasteiger partial charge in [-0.05, 0) is 40.7 Å². The molecule has 0 saturated carbocycles. The van der Waals surface area contributed by atoms with Gasteiger partial charge in [-0.25, -0.2) is 4.57 Å². The van der Waals surface area contributed by atoms with Gasteiger partial charge in [0.1, 0.15) is 17.1 Å². The summed E-state index contributed by atoms with van der Waals surface area (Å²) in [5.41, 5.74) is 2.02. The van der Waals surface area contributed by atoms with Crippen LogP contribution in [0.25, 0.3) is 10.2 Å². The molecule has 6 heteroatoms. The number of nitrogens with zero attached hydrogens (tertiary/aromatic N) is 3. The molecule has 20 heavy (non-hydrogen) atoms. The van der Waals surface area contributed by atoms with Crippen LogP contribution < -0.4 is 4.57 Å². The normalized spacial score (nSPS) is 11.4. The van der Waals surface area contributed by atoms with Gasteiger partial charge in [0.25, 0.3) is 0 Å². The molecule has 0 amide bonds. The number of hydrogen-bond acceptors (Lipinski definition) is 5. The summed E-state index contributed by atoms with van der Waals surface area (Å²) >= 11 is 5.88. The number of rotatable bonds is 4. The SMILES string of the molecule is SSC[n+]1c(N=Nc2ccccc2)sc2ccccc21. The van der Waals surface area contributed by atoms with E-state index < -0.39 is 0 Å². The number of thiazole rings is 1. The monoisotopic (exact) mass is 318 g/mol. The van der Waals surface area contributed by atoms with Crippen molar-refractivity contribution in [2.75, 3.05) is 0 Å². The highest BCUT2D eigenvalue weighted by molar-refractivity contribution is 8.68. The van der Waals surface area contributed by atoms with Crippen molar-refractivity contribution in [3.63, 3.8) is 0 Å². The van der Waals surface area contributed by atoms with Crippen molar-refractivity contribution in [2.45, 2.75) is 5.88 Å². The third-order valence-electron chi connectivity index (χ3n) is 2.78. The second-order valence-corrected chi connectivity index (χ2v) is 6.37. The van der Waals surface area contributed by atoms with E-state index in [0.717, 1.165) is 16.7 Å². The molecule has 0 bridgehead atoms. The van der Waals surface area contributed by atoms with Crippen LogP contribution in [0.3, 0.4) is 0 Å². The Morgan fingerprint density at radius 1 is 1.00 bits per heavy atom. The van der Waals surface area contributed by atoms with Crippen molar-refractivity contribution >= 4 is 54.8 Å². The average Bonchev–Trinajstić information content (AvgIpc) is 2.85. The van der Waals surface area contributed by atoms with Crippen LogP contribution in [-0.4, -0.2) is 0 Å². The minimum Gasteiger partial charge on any atom is -0.201 e. The highest BCUT2D eigenvalue weighted by atomic mass is 33.1. The predicted molar refractivity (Wildman–Crippen MR) is 89.2 cm³/mol. The van der Waals surface area contributed by atoms with Gasteiger partial charge in [-0.15, -0.1) is 11.7 Å². The first-order chi connectivity index (χ1) is 9.88. The standard InChI is InChI=1S/C14H11N3S3/c18-19-10-17-12-8-4-5-9-13(12)20-14(17)16-15-11-6-2-1-3-7-11/h1-9H,10H2/p+1. The molecule has 0 aliphatic carbocycles. The van der Waals surface area contributed by atoms with Crippen LogP contribution in [0.5, 0.6) is 0 Å². The highest BCUT2D eigenvalue weighted by Crippen LogP contribution is 2.28. The van der Waals surface area contributed by atoms with Crippen molar-refractivity contribution in [1.82, 2.24) is 0 Å². The molecule has 0 aliphatic heterocycles. The second-order valence-electron chi connectivity index (χ2n) is 4.07. The van der Waals surface area contributed by atoms with Gasteiger partial charge in [0.15, 0.2) is 0 Å². The first kappa shape index (κ1) is 13.6. The fourth-order valence-electron chi connectivity index (χ4n) is 1.88. The number of benzene rings is 2. The summed E-state index contributed by atoms with van der Waals surface area (Å²) in [6.07, 6.45) is 0. The number of azo groups is 1. The fraction of sp³-hybridized carbons (Fsp3) is 0.0714. The topological polar surface area (TPSA) is 28.6 Å². The Labute approximate surface area is 130 Å². The van der Waals surface area contributed by atoms with E-state index in [1.165, 1.54) is 21.0 Å². The smallest absolute Gasteiger partial charge is 0.201 e. The van der Waals surface area contributed by atoms with Gasteiger partial charge in [-0.3, -0.25) is 0 Å². The zero-order valence-electron chi connectivity index (χ0n) is 10.5. The number of thiol groups is 1. The van der Waals surface area contributed by atoms with Crippen molar-refractivity contribution < 1.29 is 4.57 Å².